The van der Waals surface area contributed by atoms with Crippen molar-refractivity contribution >= 4 is 0 Å². The van der Waals surface area contributed by atoms with E-state index in [-0.39, 0.29) is 5.41 Å². The van der Waals surface area contributed by atoms with E-state index in [0.717, 1.165) is 12.8 Å². The van der Waals surface area contributed by atoms with Gasteiger partial charge in [0.15, 0.2) is 0 Å². The molecule has 0 aromatic carbocycles. The highest BCUT2D eigenvalue weighted by Gasteiger charge is 2.16. The van der Waals surface area contributed by atoms with Crippen LogP contribution in [0.2, 0.25) is 0 Å². The van der Waals surface area contributed by atoms with Gasteiger partial charge in [-0.2, -0.15) is 0 Å². The quantitative estimate of drug-likeness (QED) is 0.697. The van der Waals surface area contributed by atoms with E-state index in [0.29, 0.717) is 0 Å². The van der Waals surface area contributed by atoms with Gasteiger partial charge >= 0.3 is 0 Å². The topological polar surface area (TPSA) is 12.9 Å². The van der Waals surface area contributed by atoms with Crippen LogP contribution in [0.5, 0.6) is 0 Å². The Kier molecular flexibility index (Phi) is 3.30. The van der Waals surface area contributed by atoms with Crippen LogP contribution in [0.15, 0.2) is 12.1 Å². The highest BCUT2D eigenvalue weighted by Crippen LogP contribution is 2.22. The fourth-order valence-electron chi connectivity index (χ4n) is 1.42. The minimum absolute atomic E-state index is 0.162. The largest absolute Gasteiger partial charge is 0.257 e. The molecule has 0 aliphatic rings. The van der Waals surface area contributed by atoms with E-state index in [9.17, 15) is 0 Å². The van der Waals surface area contributed by atoms with Crippen molar-refractivity contribution < 1.29 is 0 Å². The van der Waals surface area contributed by atoms with Crippen LogP contribution in [0.1, 0.15) is 51.6 Å². The SMILES string of the molecule is CCc1cc(CC)nc(C(C)(C)C)c1. The molecule has 1 rings (SSSR count). The molecule has 1 aromatic rings. The number of pyridine rings is 1. The van der Waals surface area contributed by atoms with Crippen LogP contribution >= 0.6 is 0 Å². The molecule has 0 saturated carbocycles. The first-order chi connectivity index (χ1) is 6.47. The third-order valence-corrected chi connectivity index (χ3v) is 2.48. The Hall–Kier alpha value is -0.850. The van der Waals surface area contributed by atoms with Crippen molar-refractivity contribution in [1.29, 1.82) is 0 Å². The standard InChI is InChI=1S/C13H21N/c1-6-10-8-11(7-2)14-12(9-10)13(3,4)5/h8-9H,6-7H2,1-5H3. The molecule has 0 bridgehead atoms. The molecular formula is C13H21N. The van der Waals surface area contributed by atoms with E-state index < -0.39 is 0 Å². The summed E-state index contributed by atoms with van der Waals surface area (Å²) < 4.78 is 0. The second-order valence-corrected chi connectivity index (χ2v) is 4.81. The number of hydrogen-bond donors (Lipinski definition) is 0. The van der Waals surface area contributed by atoms with Gasteiger partial charge in [-0.1, -0.05) is 34.6 Å². The maximum atomic E-state index is 4.67. The number of rotatable bonds is 2. The minimum Gasteiger partial charge on any atom is -0.257 e. The zero-order chi connectivity index (χ0) is 10.8. The Labute approximate surface area is 87.6 Å². The van der Waals surface area contributed by atoms with Gasteiger partial charge in [-0.15, -0.1) is 0 Å². The fourth-order valence-corrected chi connectivity index (χ4v) is 1.42. The van der Waals surface area contributed by atoms with Crippen molar-refractivity contribution in [2.75, 3.05) is 0 Å². The summed E-state index contributed by atoms with van der Waals surface area (Å²) in [6, 6.07) is 4.45. The summed E-state index contributed by atoms with van der Waals surface area (Å²) in [6.45, 7) is 11.0. The molecule has 0 aliphatic heterocycles. The van der Waals surface area contributed by atoms with Crippen molar-refractivity contribution in [2.24, 2.45) is 0 Å². The third-order valence-electron chi connectivity index (χ3n) is 2.48. The number of hydrogen-bond acceptors (Lipinski definition) is 1. The lowest BCUT2D eigenvalue weighted by atomic mass is 9.90. The third kappa shape index (κ3) is 2.57. The van der Waals surface area contributed by atoms with Gasteiger partial charge in [0.25, 0.3) is 0 Å². The molecule has 0 saturated heterocycles. The molecule has 0 unspecified atom stereocenters. The second kappa shape index (κ2) is 4.12. The molecule has 78 valence electrons. The van der Waals surface area contributed by atoms with Crippen LogP contribution in [-0.4, -0.2) is 4.98 Å². The van der Waals surface area contributed by atoms with Gasteiger partial charge in [0.1, 0.15) is 0 Å². The van der Waals surface area contributed by atoms with Crippen molar-refractivity contribution in [2.45, 2.75) is 52.9 Å². The van der Waals surface area contributed by atoms with Gasteiger partial charge in [0, 0.05) is 16.8 Å². The van der Waals surface area contributed by atoms with E-state index in [2.05, 4.69) is 51.7 Å². The zero-order valence-corrected chi connectivity index (χ0v) is 10.0. The summed E-state index contributed by atoms with van der Waals surface area (Å²) >= 11 is 0. The Bertz CT molecular complexity index is 285. The molecule has 0 amide bonds. The number of aromatic nitrogens is 1. The normalized spacial score (nSPS) is 11.8. The molecule has 14 heavy (non-hydrogen) atoms. The summed E-state index contributed by atoms with van der Waals surface area (Å²) in [5.74, 6) is 0. The maximum absolute atomic E-state index is 4.67. The van der Waals surface area contributed by atoms with Crippen LogP contribution in [-0.2, 0) is 18.3 Å². The first-order valence-electron chi connectivity index (χ1n) is 5.47. The number of nitrogens with zero attached hydrogens (tertiary/aromatic N) is 1. The van der Waals surface area contributed by atoms with Crippen molar-refractivity contribution in [1.82, 2.24) is 4.98 Å². The number of aryl methyl sites for hydroxylation is 2. The first-order valence-corrected chi connectivity index (χ1v) is 5.47. The molecule has 0 spiro atoms. The van der Waals surface area contributed by atoms with Crippen molar-refractivity contribution in [3.8, 4) is 0 Å². The molecule has 1 aromatic heterocycles. The smallest absolute Gasteiger partial charge is 0.0463 e. The monoisotopic (exact) mass is 191 g/mol. The van der Waals surface area contributed by atoms with Gasteiger partial charge in [-0.25, -0.2) is 0 Å². The molecule has 1 nitrogen and oxygen atoms in total. The van der Waals surface area contributed by atoms with Gasteiger partial charge in [-0.3, -0.25) is 4.98 Å². The van der Waals surface area contributed by atoms with E-state index in [1.54, 1.807) is 0 Å². The summed E-state index contributed by atoms with van der Waals surface area (Å²) in [4.78, 5) is 4.67. The lowest BCUT2D eigenvalue weighted by Gasteiger charge is -2.19. The van der Waals surface area contributed by atoms with E-state index in [1.807, 2.05) is 0 Å². The molecule has 0 aliphatic carbocycles. The molecular weight excluding hydrogens is 170 g/mol. The molecule has 0 atom stereocenters. The lowest BCUT2D eigenvalue weighted by Crippen LogP contribution is -2.15. The zero-order valence-electron chi connectivity index (χ0n) is 10.0. The Morgan fingerprint density at radius 3 is 2.14 bits per heavy atom. The Morgan fingerprint density at radius 2 is 1.71 bits per heavy atom. The molecule has 0 fully saturated rings. The highest BCUT2D eigenvalue weighted by molar-refractivity contribution is 5.25. The second-order valence-electron chi connectivity index (χ2n) is 4.81. The predicted octanol–water partition coefficient (Wildman–Crippen LogP) is 3.50. The van der Waals surface area contributed by atoms with Crippen molar-refractivity contribution in [3.63, 3.8) is 0 Å². The molecule has 0 radical (unpaired) electrons. The Balaban J connectivity index is 3.17. The summed E-state index contributed by atoms with van der Waals surface area (Å²) in [6.07, 6.45) is 2.12. The van der Waals surface area contributed by atoms with Gasteiger partial charge < -0.3 is 0 Å². The predicted molar refractivity (Wildman–Crippen MR) is 61.7 cm³/mol. The van der Waals surface area contributed by atoms with Gasteiger partial charge in [-0.05, 0) is 30.5 Å². The van der Waals surface area contributed by atoms with Crippen LogP contribution in [0.4, 0.5) is 0 Å². The van der Waals surface area contributed by atoms with Crippen molar-refractivity contribution in [3.05, 3.63) is 29.1 Å². The lowest BCUT2D eigenvalue weighted by molar-refractivity contribution is 0.564. The van der Waals surface area contributed by atoms with E-state index in [1.165, 1.54) is 17.0 Å². The average molecular weight is 191 g/mol. The summed E-state index contributed by atoms with van der Waals surface area (Å²) in [5, 5.41) is 0. The molecule has 1 heterocycles. The summed E-state index contributed by atoms with van der Waals surface area (Å²) in [7, 11) is 0. The molecule has 1 heteroatoms. The maximum Gasteiger partial charge on any atom is 0.0463 e. The van der Waals surface area contributed by atoms with Gasteiger partial charge in [0.2, 0.25) is 0 Å². The minimum atomic E-state index is 0.162. The van der Waals surface area contributed by atoms with Crippen LogP contribution in [0.3, 0.4) is 0 Å². The summed E-state index contributed by atoms with van der Waals surface area (Å²) in [5.41, 5.74) is 4.00. The van der Waals surface area contributed by atoms with Crippen LogP contribution < -0.4 is 0 Å². The van der Waals surface area contributed by atoms with E-state index in [4.69, 9.17) is 0 Å². The van der Waals surface area contributed by atoms with E-state index >= 15 is 0 Å². The first kappa shape index (κ1) is 11.2. The van der Waals surface area contributed by atoms with Gasteiger partial charge in [0.05, 0.1) is 0 Å². The Morgan fingerprint density at radius 1 is 1.07 bits per heavy atom. The fraction of sp³-hybridized carbons (Fsp3) is 0.615. The molecule has 0 N–H and O–H groups in total. The highest BCUT2D eigenvalue weighted by atomic mass is 14.7. The van der Waals surface area contributed by atoms with Crippen LogP contribution in [0, 0.1) is 0 Å². The average Bonchev–Trinajstić information content (AvgIpc) is 2.15. The van der Waals surface area contributed by atoms with Crippen LogP contribution in [0.25, 0.3) is 0 Å².